The van der Waals surface area contributed by atoms with Crippen LogP contribution in [0.3, 0.4) is 0 Å². The number of ether oxygens (including phenoxy) is 2. The first-order chi connectivity index (χ1) is 9.56. The van der Waals surface area contributed by atoms with Crippen molar-refractivity contribution in [3.05, 3.63) is 57.6 Å². The standard InChI is InChI=1S/C16H18BrNO2/c1-10-8-11(17)4-6-13(10)16(18)14-9-12(19-2)5-7-15(14)20-3/h4-9,16H,18H2,1-3H3. The van der Waals surface area contributed by atoms with Crippen LogP contribution in [0, 0.1) is 6.92 Å². The minimum absolute atomic E-state index is 0.256. The molecule has 0 spiro atoms. The number of nitrogens with two attached hydrogens (primary N) is 1. The van der Waals surface area contributed by atoms with Gasteiger partial charge in [0.1, 0.15) is 11.5 Å². The molecule has 2 N–H and O–H groups in total. The van der Waals surface area contributed by atoms with Crippen molar-refractivity contribution in [3.63, 3.8) is 0 Å². The second kappa shape index (κ2) is 6.29. The van der Waals surface area contributed by atoms with Gasteiger partial charge >= 0.3 is 0 Å². The summed E-state index contributed by atoms with van der Waals surface area (Å²) in [6.45, 7) is 2.05. The normalized spacial score (nSPS) is 12.1. The lowest BCUT2D eigenvalue weighted by Crippen LogP contribution is -2.14. The van der Waals surface area contributed by atoms with Gasteiger partial charge in [-0.05, 0) is 48.4 Å². The van der Waals surface area contributed by atoms with Crippen molar-refractivity contribution < 1.29 is 9.47 Å². The van der Waals surface area contributed by atoms with Crippen LogP contribution >= 0.6 is 15.9 Å². The summed E-state index contributed by atoms with van der Waals surface area (Å²) in [6, 6.07) is 11.5. The van der Waals surface area contributed by atoms with Crippen LogP contribution in [0.5, 0.6) is 11.5 Å². The Bertz CT molecular complexity index is 613. The molecule has 0 aromatic heterocycles. The Morgan fingerprint density at radius 1 is 1.00 bits per heavy atom. The summed E-state index contributed by atoms with van der Waals surface area (Å²) in [5, 5.41) is 0. The van der Waals surface area contributed by atoms with Gasteiger partial charge in [0.25, 0.3) is 0 Å². The Morgan fingerprint density at radius 2 is 1.75 bits per heavy atom. The Labute approximate surface area is 127 Å². The molecule has 0 saturated heterocycles. The predicted molar refractivity (Wildman–Crippen MR) is 84.5 cm³/mol. The molecule has 1 atom stereocenters. The number of benzene rings is 2. The SMILES string of the molecule is COc1ccc(OC)c(C(N)c2ccc(Br)cc2C)c1. The summed E-state index contributed by atoms with van der Waals surface area (Å²) in [5.74, 6) is 1.53. The highest BCUT2D eigenvalue weighted by Crippen LogP contribution is 2.33. The van der Waals surface area contributed by atoms with E-state index in [0.717, 1.165) is 32.7 Å². The molecule has 0 amide bonds. The predicted octanol–water partition coefficient (Wildman–Crippen LogP) is 3.82. The number of rotatable bonds is 4. The van der Waals surface area contributed by atoms with Crippen LogP contribution in [0.2, 0.25) is 0 Å². The van der Waals surface area contributed by atoms with Crippen molar-refractivity contribution in [2.75, 3.05) is 14.2 Å². The molecule has 106 valence electrons. The summed E-state index contributed by atoms with van der Waals surface area (Å²) >= 11 is 3.47. The summed E-state index contributed by atoms with van der Waals surface area (Å²) in [4.78, 5) is 0. The van der Waals surface area contributed by atoms with Crippen molar-refractivity contribution in [2.45, 2.75) is 13.0 Å². The number of hydrogen-bond acceptors (Lipinski definition) is 3. The fourth-order valence-electron chi connectivity index (χ4n) is 2.24. The molecule has 0 saturated carbocycles. The summed E-state index contributed by atoms with van der Waals surface area (Å²) in [6.07, 6.45) is 0. The van der Waals surface area contributed by atoms with E-state index in [2.05, 4.69) is 22.0 Å². The highest BCUT2D eigenvalue weighted by Gasteiger charge is 2.17. The van der Waals surface area contributed by atoms with Crippen LogP contribution < -0.4 is 15.2 Å². The lowest BCUT2D eigenvalue weighted by molar-refractivity contribution is 0.397. The number of aryl methyl sites for hydroxylation is 1. The van der Waals surface area contributed by atoms with Crippen LogP contribution in [0.15, 0.2) is 40.9 Å². The van der Waals surface area contributed by atoms with E-state index in [1.54, 1.807) is 14.2 Å². The van der Waals surface area contributed by atoms with Gasteiger partial charge in [0.2, 0.25) is 0 Å². The van der Waals surface area contributed by atoms with Gasteiger partial charge in [-0.3, -0.25) is 0 Å². The first kappa shape index (κ1) is 14.9. The van der Waals surface area contributed by atoms with Gasteiger partial charge in [-0.25, -0.2) is 0 Å². The van der Waals surface area contributed by atoms with Crippen molar-refractivity contribution in [1.82, 2.24) is 0 Å². The second-order valence-corrected chi connectivity index (χ2v) is 5.50. The zero-order chi connectivity index (χ0) is 14.7. The molecule has 0 aliphatic rings. The van der Waals surface area contributed by atoms with E-state index in [-0.39, 0.29) is 6.04 Å². The van der Waals surface area contributed by atoms with Crippen LogP contribution in [0.4, 0.5) is 0 Å². The maximum atomic E-state index is 6.42. The van der Waals surface area contributed by atoms with Gasteiger partial charge in [0.15, 0.2) is 0 Å². The molecule has 2 aromatic rings. The Morgan fingerprint density at radius 3 is 2.35 bits per heavy atom. The lowest BCUT2D eigenvalue weighted by Gasteiger charge is -2.19. The minimum atomic E-state index is -0.256. The third kappa shape index (κ3) is 2.97. The zero-order valence-corrected chi connectivity index (χ0v) is 13.4. The van der Waals surface area contributed by atoms with Crippen molar-refractivity contribution in [1.29, 1.82) is 0 Å². The minimum Gasteiger partial charge on any atom is -0.497 e. The number of methoxy groups -OCH3 is 2. The van der Waals surface area contributed by atoms with Crippen LogP contribution in [-0.2, 0) is 0 Å². The summed E-state index contributed by atoms with van der Waals surface area (Å²) in [7, 11) is 3.29. The van der Waals surface area contributed by atoms with E-state index in [1.807, 2.05) is 37.3 Å². The van der Waals surface area contributed by atoms with E-state index < -0.39 is 0 Å². The molecule has 0 radical (unpaired) electrons. The molecule has 0 aliphatic carbocycles. The van der Waals surface area contributed by atoms with Gasteiger partial charge < -0.3 is 15.2 Å². The summed E-state index contributed by atoms with van der Waals surface area (Å²) in [5.41, 5.74) is 9.54. The third-order valence-electron chi connectivity index (χ3n) is 3.34. The smallest absolute Gasteiger partial charge is 0.124 e. The van der Waals surface area contributed by atoms with Gasteiger partial charge in [0, 0.05) is 10.0 Å². The number of halogens is 1. The van der Waals surface area contributed by atoms with Crippen molar-refractivity contribution in [2.24, 2.45) is 5.73 Å². The van der Waals surface area contributed by atoms with Gasteiger partial charge in [0.05, 0.1) is 20.3 Å². The maximum Gasteiger partial charge on any atom is 0.124 e. The first-order valence-electron chi connectivity index (χ1n) is 6.30. The Hall–Kier alpha value is -1.52. The van der Waals surface area contributed by atoms with E-state index in [0.29, 0.717) is 0 Å². The van der Waals surface area contributed by atoms with Crippen LogP contribution in [-0.4, -0.2) is 14.2 Å². The highest BCUT2D eigenvalue weighted by atomic mass is 79.9. The van der Waals surface area contributed by atoms with Crippen molar-refractivity contribution in [3.8, 4) is 11.5 Å². The fourth-order valence-corrected chi connectivity index (χ4v) is 2.71. The van der Waals surface area contributed by atoms with Gasteiger partial charge in [-0.15, -0.1) is 0 Å². The fraction of sp³-hybridized carbons (Fsp3) is 0.250. The zero-order valence-electron chi connectivity index (χ0n) is 11.8. The number of hydrogen-bond donors (Lipinski definition) is 1. The quantitative estimate of drug-likeness (QED) is 0.923. The topological polar surface area (TPSA) is 44.5 Å². The molecule has 4 heteroatoms. The molecule has 1 unspecified atom stereocenters. The maximum absolute atomic E-state index is 6.42. The molecule has 0 bridgehead atoms. The van der Waals surface area contributed by atoms with E-state index >= 15 is 0 Å². The molecule has 3 nitrogen and oxygen atoms in total. The van der Waals surface area contributed by atoms with Crippen molar-refractivity contribution >= 4 is 15.9 Å². The monoisotopic (exact) mass is 335 g/mol. The average molecular weight is 336 g/mol. The molecule has 20 heavy (non-hydrogen) atoms. The lowest BCUT2D eigenvalue weighted by atomic mass is 9.95. The largest absolute Gasteiger partial charge is 0.497 e. The average Bonchev–Trinajstić information content (AvgIpc) is 2.46. The van der Waals surface area contributed by atoms with E-state index in [9.17, 15) is 0 Å². The van der Waals surface area contributed by atoms with Crippen LogP contribution in [0.25, 0.3) is 0 Å². The summed E-state index contributed by atoms with van der Waals surface area (Å²) < 4.78 is 11.7. The Balaban J connectivity index is 2.48. The van der Waals surface area contributed by atoms with Gasteiger partial charge in [-0.2, -0.15) is 0 Å². The second-order valence-electron chi connectivity index (χ2n) is 4.59. The third-order valence-corrected chi connectivity index (χ3v) is 3.83. The molecule has 2 aromatic carbocycles. The highest BCUT2D eigenvalue weighted by molar-refractivity contribution is 9.10. The van der Waals surface area contributed by atoms with E-state index in [4.69, 9.17) is 15.2 Å². The van der Waals surface area contributed by atoms with E-state index in [1.165, 1.54) is 0 Å². The Kier molecular flexibility index (Phi) is 4.68. The molecular formula is C16H18BrNO2. The van der Waals surface area contributed by atoms with Crippen LogP contribution in [0.1, 0.15) is 22.7 Å². The molecule has 2 rings (SSSR count). The van der Waals surface area contributed by atoms with Gasteiger partial charge in [-0.1, -0.05) is 22.0 Å². The molecule has 0 fully saturated rings. The molecule has 0 aliphatic heterocycles. The molecule has 0 heterocycles. The first-order valence-corrected chi connectivity index (χ1v) is 7.09. The molecular weight excluding hydrogens is 318 g/mol.